The van der Waals surface area contributed by atoms with Gasteiger partial charge in [-0.3, -0.25) is 0 Å². The molecule has 5 nitrogen and oxygen atoms in total. The second kappa shape index (κ2) is 6.77. The van der Waals surface area contributed by atoms with Gasteiger partial charge >= 0.3 is 0 Å². The lowest BCUT2D eigenvalue weighted by molar-refractivity contribution is 0.318. The standard InChI is InChI=1S/C20H20ClN3O2/c1-11-5-4-6-12(2)15(11)17-16(13-7-9-14(25)10-8-13)19(21)24(3)18(17)20(22)23-26/h4-10,25-26H,1-3H3,(H2,22,23). The van der Waals surface area contributed by atoms with Gasteiger partial charge < -0.3 is 20.6 Å². The molecule has 1 aromatic heterocycles. The van der Waals surface area contributed by atoms with E-state index in [2.05, 4.69) is 5.16 Å². The Hall–Kier alpha value is -2.92. The lowest BCUT2D eigenvalue weighted by Crippen LogP contribution is -2.18. The number of nitrogens with zero attached hydrogens (tertiary/aromatic N) is 2. The fourth-order valence-corrected chi connectivity index (χ4v) is 3.63. The van der Waals surface area contributed by atoms with Crippen molar-refractivity contribution >= 4 is 17.4 Å². The van der Waals surface area contributed by atoms with Crippen LogP contribution in [0.1, 0.15) is 16.8 Å². The molecule has 0 radical (unpaired) electrons. The molecule has 4 N–H and O–H groups in total. The number of amidine groups is 1. The monoisotopic (exact) mass is 369 g/mol. The molecule has 3 aromatic rings. The minimum absolute atomic E-state index is 0.0166. The van der Waals surface area contributed by atoms with Gasteiger partial charge in [-0.05, 0) is 48.2 Å². The zero-order chi connectivity index (χ0) is 19.0. The minimum Gasteiger partial charge on any atom is -0.508 e. The molecule has 0 aliphatic rings. The molecule has 0 aliphatic carbocycles. The van der Waals surface area contributed by atoms with Crippen LogP contribution in [0.3, 0.4) is 0 Å². The van der Waals surface area contributed by atoms with Crippen molar-refractivity contribution < 1.29 is 10.3 Å². The first-order valence-electron chi connectivity index (χ1n) is 8.08. The van der Waals surface area contributed by atoms with Crippen molar-refractivity contribution in [2.24, 2.45) is 17.9 Å². The fraction of sp³-hybridized carbons (Fsp3) is 0.150. The summed E-state index contributed by atoms with van der Waals surface area (Å²) in [6.07, 6.45) is 0. The number of nitrogens with two attached hydrogens (primary N) is 1. The SMILES string of the molecule is Cc1cccc(C)c1-c1c(-c2ccc(O)cc2)c(Cl)n(C)c1C(N)=NO. The maximum absolute atomic E-state index is 9.62. The van der Waals surface area contributed by atoms with Crippen LogP contribution in [0.25, 0.3) is 22.3 Å². The molecular formula is C20H20ClN3O2. The van der Waals surface area contributed by atoms with E-state index in [0.717, 1.165) is 33.4 Å². The van der Waals surface area contributed by atoms with Gasteiger partial charge in [-0.1, -0.05) is 47.1 Å². The van der Waals surface area contributed by atoms with E-state index in [4.69, 9.17) is 17.3 Å². The Bertz CT molecular complexity index is 985. The topological polar surface area (TPSA) is 83.8 Å². The summed E-state index contributed by atoms with van der Waals surface area (Å²) in [7, 11) is 1.77. The number of aromatic nitrogens is 1. The van der Waals surface area contributed by atoms with Gasteiger partial charge in [0.05, 0.1) is 5.69 Å². The first kappa shape index (κ1) is 17.9. The summed E-state index contributed by atoms with van der Waals surface area (Å²) in [5, 5.41) is 22.6. The van der Waals surface area contributed by atoms with E-state index >= 15 is 0 Å². The average Bonchev–Trinajstić information content (AvgIpc) is 2.86. The van der Waals surface area contributed by atoms with Gasteiger partial charge in [-0.15, -0.1) is 0 Å². The molecule has 0 amide bonds. The van der Waals surface area contributed by atoms with Crippen LogP contribution in [0.15, 0.2) is 47.6 Å². The van der Waals surface area contributed by atoms with Crippen molar-refractivity contribution in [3.8, 4) is 28.0 Å². The molecule has 0 saturated carbocycles. The summed E-state index contributed by atoms with van der Waals surface area (Å²) < 4.78 is 1.71. The highest BCUT2D eigenvalue weighted by molar-refractivity contribution is 6.34. The van der Waals surface area contributed by atoms with E-state index in [1.165, 1.54) is 0 Å². The van der Waals surface area contributed by atoms with Crippen molar-refractivity contribution in [2.75, 3.05) is 0 Å². The number of hydrogen-bond acceptors (Lipinski definition) is 3. The number of aromatic hydroxyl groups is 1. The Kier molecular flexibility index (Phi) is 4.66. The number of oxime groups is 1. The van der Waals surface area contributed by atoms with E-state index in [1.54, 1.807) is 35.9 Å². The van der Waals surface area contributed by atoms with Crippen molar-refractivity contribution in [1.29, 1.82) is 0 Å². The molecule has 0 saturated heterocycles. The summed E-state index contributed by atoms with van der Waals surface area (Å²) in [6.45, 7) is 4.03. The van der Waals surface area contributed by atoms with Gasteiger partial charge in [0.2, 0.25) is 0 Å². The molecule has 2 aromatic carbocycles. The van der Waals surface area contributed by atoms with Gasteiger partial charge in [0.1, 0.15) is 10.9 Å². The predicted octanol–water partition coefficient (Wildman–Crippen LogP) is 4.43. The average molecular weight is 370 g/mol. The summed E-state index contributed by atoms with van der Waals surface area (Å²) in [5.74, 6) is 0.156. The molecule has 0 fully saturated rings. The largest absolute Gasteiger partial charge is 0.508 e. The molecule has 0 bridgehead atoms. The van der Waals surface area contributed by atoms with Crippen molar-refractivity contribution in [1.82, 2.24) is 4.57 Å². The number of rotatable bonds is 3. The number of hydrogen-bond donors (Lipinski definition) is 3. The van der Waals surface area contributed by atoms with Gasteiger partial charge in [0, 0.05) is 18.2 Å². The number of phenols is 1. The quantitative estimate of drug-likeness (QED) is 0.276. The second-order valence-corrected chi connectivity index (χ2v) is 6.61. The zero-order valence-electron chi connectivity index (χ0n) is 14.8. The summed E-state index contributed by atoms with van der Waals surface area (Å²) >= 11 is 6.66. The highest BCUT2D eigenvalue weighted by Gasteiger charge is 2.26. The van der Waals surface area contributed by atoms with Crippen LogP contribution in [0.2, 0.25) is 5.15 Å². The normalized spacial score (nSPS) is 11.8. The molecule has 134 valence electrons. The Morgan fingerprint density at radius 2 is 1.58 bits per heavy atom. The minimum atomic E-state index is -0.0166. The highest BCUT2D eigenvalue weighted by atomic mass is 35.5. The van der Waals surface area contributed by atoms with E-state index in [-0.39, 0.29) is 11.6 Å². The molecule has 0 unspecified atom stereocenters. The van der Waals surface area contributed by atoms with E-state index in [1.807, 2.05) is 32.0 Å². The second-order valence-electron chi connectivity index (χ2n) is 6.25. The van der Waals surface area contributed by atoms with Gasteiger partial charge in [0.25, 0.3) is 0 Å². The van der Waals surface area contributed by atoms with Crippen LogP contribution >= 0.6 is 11.6 Å². The lowest BCUT2D eigenvalue weighted by atomic mass is 9.90. The molecule has 0 aliphatic heterocycles. The van der Waals surface area contributed by atoms with E-state index < -0.39 is 0 Å². The van der Waals surface area contributed by atoms with Crippen LogP contribution in [-0.4, -0.2) is 20.7 Å². The lowest BCUT2D eigenvalue weighted by Gasteiger charge is -2.14. The third-order valence-corrected chi connectivity index (χ3v) is 5.00. The first-order chi connectivity index (χ1) is 12.4. The number of halogens is 1. The number of aryl methyl sites for hydroxylation is 2. The molecule has 1 heterocycles. The fourth-order valence-electron chi connectivity index (χ4n) is 3.35. The molecule has 26 heavy (non-hydrogen) atoms. The summed E-state index contributed by atoms with van der Waals surface area (Å²) in [4.78, 5) is 0. The molecular weight excluding hydrogens is 350 g/mol. The van der Waals surface area contributed by atoms with Crippen LogP contribution in [0.4, 0.5) is 0 Å². The Balaban J connectivity index is 2.48. The van der Waals surface area contributed by atoms with Crippen molar-refractivity contribution in [3.05, 3.63) is 64.4 Å². The maximum Gasteiger partial charge on any atom is 0.187 e. The van der Waals surface area contributed by atoms with Crippen LogP contribution < -0.4 is 5.73 Å². The molecule has 3 rings (SSSR count). The van der Waals surface area contributed by atoms with Gasteiger partial charge in [-0.25, -0.2) is 0 Å². The summed E-state index contributed by atoms with van der Waals surface area (Å²) in [5.41, 5.74) is 12.0. The Labute approximate surface area is 157 Å². The molecule has 0 atom stereocenters. The molecule has 6 heteroatoms. The van der Waals surface area contributed by atoms with E-state index in [9.17, 15) is 10.3 Å². The maximum atomic E-state index is 9.62. The Morgan fingerprint density at radius 1 is 1.00 bits per heavy atom. The predicted molar refractivity (Wildman–Crippen MR) is 105 cm³/mol. The van der Waals surface area contributed by atoms with Gasteiger partial charge in [0.15, 0.2) is 5.84 Å². The van der Waals surface area contributed by atoms with Crippen LogP contribution in [0.5, 0.6) is 5.75 Å². The highest BCUT2D eigenvalue weighted by Crippen LogP contribution is 2.44. The van der Waals surface area contributed by atoms with Crippen molar-refractivity contribution in [3.63, 3.8) is 0 Å². The third-order valence-electron chi connectivity index (χ3n) is 4.56. The first-order valence-corrected chi connectivity index (χ1v) is 8.46. The third kappa shape index (κ3) is 2.80. The summed E-state index contributed by atoms with van der Waals surface area (Å²) in [6, 6.07) is 12.8. The number of benzene rings is 2. The van der Waals surface area contributed by atoms with Crippen molar-refractivity contribution in [2.45, 2.75) is 13.8 Å². The molecule has 0 spiro atoms. The van der Waals surface area contributed by atoms with Gasteiger partial charge in [-0.2, -0.15) is 0 Å². The van der Waals surface area contributed by atoms with Crippen LogP contribution in [-0.2, 0) is 7.05 Å². The number of phenolic OH excluding ortho intramolecular Hbond substituents is 1. The van der Waals surface area contributed by atoms with E-state index in [0.29, 0.717) is 10.8 Å². The Morgan fingerprint density at radius 3 is 2.12 bits per heavy atom. The smallest absolute Gasteiger partial charge is 0.187 e. The van der Waals surface area contributed by atoms with Crippen LogP contribution in [0, 0.1) is 13.8 Å². The zero-order valence-corrected chi connectivity index (χ0v) is 15.5.